The fraction of sp³-hybridized carbons (Fsp3) is 0.0909. The lowest BCUT2D eigenvalue weighted by atomic mass is 10.1. The third-order valence-corrected chi connectivity index (χ3v) is 7.39. The lowest BCUT2D eigenvalue weighted by Gasteiger charge is -2.05. The van der Waals surface area contributed by atoms with Gasteiger partial charge in [-0.2, -0.15) is 18.8 Å². The predicted octanol–water partition coefficient (Wildman–Crippen LogP) is 4.27. The summed E-state index contributed by atoms with van der Waals surface area (Å²) >= 11 is 6.98. The summed E-state index contributed by atoms with van der Waals surface area (Å²) in [4.78, 5) is 27.6. The molecule has 0 radical (unpaired) electrons. The van der Waals surface area contributed by atoms with Gasteiger partial charge in [0.15, 0.2) is 5.03 Å². The number of aromatic nitrogens is 3. The van der Waals surface area contributed by atoms with Crippen LogP contribution in [-0.4, -0.2) is 34.0 Å². The van der Waals surface area contributed by atoms with Crippen LogP contribution >= 0.6 is 22.9 Å². The Bertz CT molecular complexity index is 1590. The Morgan fingerprint density at radius 3 is 2.47 bits per heavy atom. The maximum absolute atomic E-state index is 13.0. The number of carbonyl (C=O) groups is 1. The van der Waals surface area contributed by atoms with Gasteiger partial charge in [0.25, 0.3) is 21.6 Å². The van der Waals surface area contributed by atoms with Crippen LogP contribution in [0.2, 0.25) is 5.02 Å². The number of aryl methyl sites for hydroxylation is 1. The number of benzene rings is 2. The van der Waals surface area contributed by atoms with Crippen molar-refractivity contribution < 1.29 is 18.1 Å². The standard InChI is InChI=1S/C22H15ClN6O5S2/c23-16-6-2-15(3-7-16)22-25-19(13-35-22)36(33,34)27-21(30)18-12-28(11-1-10-24)26-20(18)14-4-8-17(9-5-14)29(31)32/h2-9,12-13H,1,11H2,(H,27,30). The number of sulfonamides is 1. The first-order valence-electron chi connectivity index (χ1n) is 10.2. The molecule has 0 aliphatic heterocycles. The van der Waals surface area contributed by atoms with Crippen molar-refractivity contribution >= 4 is 44.6 Å². The first-order chi connectivity index (χ1) is 17.2. The number of amides is 1. The zero-order valence-electron chi connectivity index (χ0n) is 18.2. The van der Waals surface area contributed by atoms with Gasteiger partial charge in [-0.15, -0.1) is 11.3 Å². The monoisotopic (exact) mass is 542 g/mol. The van der Waals surface area contributed by atoms with Crippen LogP contribution in [-0.2, 0) is 16.6 Å². The lowest BCUT2D eigenvalue weighted by molar-refractivity contribution is -0.384. The lowest BCUT2D eigenvalue weighted by Crippen LogP contribution is -2.31. The number of hydrogen-bond acceptors (Lipinski definition) is 9. The van der Waals surface area contributed by atoms with E-state index in [9.17, 15) is 23.3 Å². The van der Waals surface area contributed by atoms with E-state index in [2.05, 4.69) is 10.1 Å². The summed E-state index contributed by atoms with van der Waals surface area (Å²) in [5, 5.41) is 26.0. The number of nitrogens with one attached hydrogen (secondary N) is 1. The molecule has 4 aromatic rings. The van der Waals surface area contributed by atoms with Crippen LogP contribution in [0, 0.1) is 21.4 Å². The Balaban J connectivity index is 1.63. The molecular formula is C22H15ClN6O5S2. The average molecular weight is 543 g/mol. The molecule has 2 aromatic carbocycles. The summed E-state index contributed by atoms with van der Waals surface area (Å²) in [6.07, 6.45) is 1.42. The highest BCUT2D eigenvalue weighted by Crippen LogP contribution is 2.28. The van der Waals surface area contributed by atoms with E-state index in [0.29, 0.717) is 21.2 Å². The van der Waals surface area contributed by atoms with Crippen LogP contribution in [0.1, 0.15) is 16.8 Å². The number of rotatable bonds is 8. The third-order valence-electron chi connectivity index (χ3n) is 4.89. The molecule has 182 valence electrons. The Kier molecular flexibility index (Phi) is 7.11. The van der Waals surface area contributed by atoms with Crippen molar-refractivity contribution in [2.75, 3.05) is 0 Å². The van der Waals surface area contributed by atoms with Gasteiger partial charge in [-0.25, -0.2) is 9.71 Å². The minimum atomic E-state index is -4.33. The third kappa shape index (κ3) is 5.41. The number of nitriles is 1. The van der Waals surface area contributed by atoms with E-state index in [1.54, 1.807) is 24.3 Å². The van der Waals surface area contributed by atoms with E-state index in [1.807, 2.05) is 10.8 Å². The van der Waals surface area contributed by atoms with Crippen molar-refractivity contribution in [3.05, 3.63) is 80.8 Å². The highest BCUT2D eigenvalue weighted by Gasteiger charge is 2.26. The zero-order valence-corrected chi connectivity index (χ0v) is 20.5. The molecule has 0 atom stereocenters. The van der Waals surface area contributed by atoms with E-state index >= 15 is 0 Å². The summed E-state index contributed by atoms with van der Waals surface area (Å²) < 4.78 is 29.2. The van der Waals surface area contributed by atoms with E-state index in [0.717, 1.165) is 11.3 Å². The van der Waals surface area contributed by atoms with Crippen LogP contribution < -0.4 is 4.72 Å². The van der Waals surface area contributed by atoms with Crippen molar-refractivity contribution in [2.45, 2.75) is 18.0 Å². The molecule has 14 heteroatoms. The Morgan fingerprint density at radius 1 is 1.17 bits per heavy atom. The summed E-state index contributed by atoms with van der Waals surface area (Å²) in [6.45, 7) is 0.160. The van der Waals surface area contributed by atoms with Gasteiger partial charge in [0.2, 0.25) is 0 Å². The fourth-order valence-corrected chi connectivity index (χ4v) is 5.35. The number of thiazole rings is 1. The van der Waals surface area contributed by atoms with Crippen LogP contribution in [0.5, 0.6) is 0 Å². The maximum atomic E-state index is 13.0. The van der Waals surface area contributed by atoms with Crippen LogP contribution in [0.3, 0.4) is 0 Å². The molecule has 0 saturated heterocycles. The SMILES string of the molecule is N#CCCn1cc(C(=O)NS(=O)(=O)c2csc(-c3ccc(Cl)cc3)n2)c(-c2ccc([N+](=O)[O-])cc2)n1. The molecule has 0 fully saturated rings. The van der Waals surface area contributed by atoms with Gasteiger partial charge >= 0.3 is 0 Å². The number of halogens is 1. The number of hydrogen-bond donors (Lipinski definition) is 1. The number of nitrogens with zero attached hydrogens (tertiary/aromatic N) is 5. The highest BCUT2D eigenvalue weighted by molar-refractivity contribution is 7.90. The van der Waals surface area contributed by atoms with Crippen LogP contribution in [0.4, 0.5) is 5.69 Å². The highest BCUT2D eigenvalue weighted by atomic mass is 35.5. The van der Waals surface area contributed by atoms with Crippen LogP contribution in [0.15, 0.2) is 65.1 Å². The molecule has 0 unspecified atom stereocenters. The smallest absolute Gasteiger partial charge is 0.270 e. The second-order valence-electron chi connectivity index (χ2n) is 7.30. The molecule has 0 bridgehead atoms. The summed E-state index contributed by atoms with van der Waals surface area (Å²) in [5.74, 6) is -0.965. The fourth-order valence-electron chi connectivity index (χ4n) is 3.16. The van der Waals surface area contributed by atoms with Crippen molar-refractivity contribution in [3.63, 3.8) is 0 Å². The number of non-ortho nitro benzene ring substituents is 1. The number of carbonyl (C=O) groups excluding carboxylic acids is 1. The van der Waals surface area contributed by atoms with Gasteiger partial charge in [0, 0.05) is 39.9 Å². The predicted molar refractivity (Wildman–Crippen MR) is 132 cm³/mol. The molecule has 4 rings (SSSR count). The van der Waals surface area contributed by atoms with Gasteiger partial charge in [-0.3, -0.25) is 19.6 Å². The molecule has 0 aliphatic carbocycles. The van der Waals surface area contributed by atoms with E-state index in [-0.39, 0.29) is 34.9 Å². The zero-order chi connectivity index (χ0) is 25.9. The Hall–Kier alpha value is -4.12. The largest absolute Gasteiger partial charge is 0.282 e. The quantitative estimate of drug-likeness (QED) is 0.255. The minimum Gasteiger partial charge on any atom is -0.270 e. The molecule has 1 N–H and O–H groups in total. The second kappa shape index (κ2) is 10.2. The molecule has 36 heavy (non-hydrogen) atoms. The number of nitro groups is 1. The van der Waals surface area contributed by atoms with Gasteiger partial charge in [0.1, 0.15) is 10.7 Å². The molecule has 0 saturated carbocycles. The average Bonchev–Trinajstić information content (AvgIpc) is 3.51. The molecule has 1 amide bonds. The molecule has 0 spiro atoms. The first-order valence-corrected chi connectivity index (χ1v) is 12.9. The minimum absolute atomic E-state index is 0.0847. The van der Waals surface area contributed by atoms with Crippen LogP contribution in [0.25, 0.3) is 21.8 Å². The van der Waals surface area contributed by atoms with Crippen molar-refractivity contribution in [3.8, 4) is 27.9 Å². The molecular weight excluding hydrogens is 528 g/mol. The molecule has 11 nitrogen and oxygen atoms in total. The van der Waals surface area contributed by atoms with Crippen molar-refractivity contribution in [1.29, 1.82) is 5.26 Å². The van der Waals surface area contributed by atoms with Gasteiger partial charge < -0.3 is 0 Å². The molecule has 2 heterocycles. The topological polar surface area (TPSA) is 161 Å². The van der Waals surface area contributed by atoms with E-state index in [1.165, 1.54) is 40.5 Å². The summed E-state index contributed by atoms with van der Waals surface area (Å²) in [5.41, 5.74) is 0.888. The van der Waals surface area contributed by atoms with Gasteiger partial charge in [-0.1, -0.05) is 23.7 Å². The normalized spacial score (nSPS) is 11.1. The van der Waals surface area contributed by atoms with E-state index in [4.69, 9.17) is 16.9 Å². The second-order valence-corrected chi connectivity index (χ2v) is 10.2. The molecule has 0 aliphatic rings. The Labute approximate surface area is 213 Å². The van der Waals surface area contributed by atoms with Crippen molar-refractivity contribution in [2.24, 2.45) is 0 Å². The first kappa shape index (κ1) is 25.0. The molecule has 2 aromatic heterocycles. The van der Waals surface area contributed by atoms with Gasteiger partial charge in [-0.05, 0) is 24.3 Å². The maximum Gasteiger partial charge on any atom is 0.282 e. The number of nitro benzene ring substituents is 1. The summed E-state index contributed by atoms with van der Waals surface area (Å²) in [7, 11) is -4.33. The van der Waals surface area contributed by atoms with Gasteiger partial charge in [0.05, 0.1) is 29.5 Å². The van der Waals surface area contributed by atoms with Crippen molar-refractivity contribution in [1.82, 2.24) is 19.5 Å². The van der Waals surface area contributed by atoms with E-state index < -0.39 is 20.9 Å². The summed E-state index contributed by atoms with van der Waals surface area (Å²) in [6, 6.07) is 14.0. The Morgan fingerprint density at radius 2 is 1.83 bits per heavy atom.